The van der Waals surface area contributed by atoms with Gasteiger partial charge in [0.25, 0.3) is 0 Å². The third-order valence-electron chi connectivity index (χ3n) is 2.87. The van der Waals surface area contributed by atoms with Crippen molar-refractivity contribution in [3.8, 4) is 0 Å². The minimum absolute atomic E-state index is 0.0766. The summed E-state index contributed by atoms with van der Waals surface area (Å²) < 4.78 is 39.7. The van der Waals surface area contributed by atoms with Crippen LogP contribution in [-0.4, -0.2) is 6.04 Å². The summed E-state index contributed by atoms with van der Waals surface area (Å²) >= 11 is 3.02. The van der Waals surface area contributed by atoms with Gasteiger partial charge in [0.1, 0.15) is 17.5 Å². The smallest absolute Gasteiger partial charge is 0.149 e. The fourth-order valence-corrected chi connectivity index (χ4v) is 2.27. The highest BCUT2D eigenvalue weighted by Gasteiger charge is 2.11. The van der Waals surface area contributed by atoms with Crippen LogP contribution < -0.4 is 5.32 Å². The Labute approximate surface area is 123 Å². The number of halogens is 4. The van der Waals surface area contributed by atoms with Gasteiger partial charge in [0.05, 0.1) is 10.2 Å². The Bertz CT molecular complexity index is 599. The molecule has 0 saturated heterocycles. The summed E-state index contributed by atoms with van der Waals surface area (Å²) in [4.78, 5) is 0. The van der Waals surface area contributed by atoms with Crippen LogP contribution in [0.15, 0.2) is 40.9 Å². The third-order valence-corrected chi connectivity index (χ3v) is 3.47. The number of rotatable bonds is 4. The molecule has 5 heteroatoms. The largest absolute Gasteiger partial charge is 0.380 e. The van der Waals surface area contributed by atoms with Crippen LogP contribution in [0.4, 0.5) is 18.9 Å². The van der Waals surface area contributed by atoms with Crippen molar-refractivity contribution < 1.29 is 13.2 Å². The van der Waals surface area contributed by atoms with Crippen LogP contribution in [0.3, 0.4) is 0 Å². The highest BCUT2D eigenvalue weighted by atomic mass is 79.9. The van der Waals surface area contributed by atoms with Crippen LogP contribution in [0.5, 0.6) is 0 Å². The number of nitrogens with one attached hydrogen (secondary N) is 1. The molecule has 2 rings (SSSR count). The Balaban J connectivity index is 2.06. The first-order valence-corrected chi connectivity index (χ1v) is 6.90. The first-order chi connectivity index (χ1) is 9.45. The molecule has 0 radical (unpaired) electrons. The molecule has 1 atom stereocenters. The molecule has 0 heterocycles. The van der Waals surface area contributed by atoms with Gasteiger partial charge in [-0.25, -0.2) is 13.2 Å². The van der Waals surface area contributed by atoms with E-state index in [0.29, 0.717) is 6.42 Å². The van der Waals surface area contributed by atoms with E-state index in [-0.39, 0.29) is 22.0 Å². The Morgan fingerprint density at radius 1 is 1.05 bits per heavy atom. The van der Waals surface area contributed by atoms with Crippen molar-refractivity contribution in [1.29, 1.82) is 0 Å². The molecule has 0 aromatic heterocycles. The normalized spacial score (nSPS) is 12.2. The lowest BCUT2D eigenvalue weighted by atomic mass is 10.1. The van der Waals surface area contributed by atoms with E-state index in [4.69, 9.17) is 0 Å². The van der Waals surface area contributed by atoms with Crippen molar-refractivity contribution >= 4 is 21.6 Å². The molecule has 0 bridgehead atoms. The second-order valence-electron chi connectivity index (χ2n) is 4.62. The molecule has 1 nitrogen and oxygen atoms in total. The molecule has 0 amide bonds. The average molecular weight is 344 g/mol. The van der Waals surface area contributed by atoms with Crippen LogP contribution in [0, 0.1) is 17.5 Å². The molecule has 0 saturated carbocycles. The van der Waals surface area contributed by atoms with Gasteiger partial charge >= 0.3 is 0 Å². The number of hydrogen-bond acceptors (Lipinski definition) is 1. The molecule has 2 aromatic rings. The predicted molar refractivity (Wildman–Crippen MR) is 77.2 cm³/mol. The zero-order valence-electron chi connectivity index (χ0n) is 10.8. The van der Waals surface area contributed by atoms with E-state index in [1.165, 1.54) is 18.2 Å². The minimum Gasteiger partial charge on any atom is -0.380 e. The number of hydrogen-bond donors (Lipinski definition) is 1. The van der Waals surface area contributed by atoms with Gasteiger partial charge in [-0.3, -0.25) is 0 Å². The molecule has 0 aliphatic rings. The Morgan fingerprint density at radius 2 is 1.70 bits per heavy atom. The SMILES string of the molecule is CC(Cc1ccc(F)cc1)Nc1cc(Br)c(F)cc1F. The molecular formula is C15H13BrF3N. The average Bonchev–Trinajstić information content (AvgIpc) is 2.39. The van der Waals surface area contributed by atoms with Gasteiger partial charge in [-0.05, 0) is 53.0 Å². The lowest BCUT2D eigenvalue weighted by molar-refractivity contribution is 0.579. The van der Waals surface area contributed by atoms with Crippen molar-refractivity contribution in [2.75, 3.05) is 5.32 Å². The molecule has 0 aliphatic carbocycles. The van der Waals surface area contributed by atoms with Gasteiger partial charge in [-0.2, -0.15) is 0 Å². The maximum Gasteiger partial charge on any atom is 0.149 e. The summed E-state index contributed by atoms with van der Waals surface area (Å²) in [7, 11) is 0. The van der Waals surface area contributed by atoms with E-state index in [2.05, 4.69) is 21.2 Å². The topological polar surface area (TPSA) is 12.0 Å². The van der Waals surface area contributed by atoms with Gasteiger partial charge in [0, 0.05) is 12.1 Å². The molecule has 0 aliphatic heterocycles. The Hall–Kier alpha value is -1.49. The maximum absolute atomic E-state index is 13.6. The van der Waals surface area contributed by atoms with Crippen molar-refractivity contribution in [1.82, 2.24) is 0 Å². The molecule has 1 N–H and O–H groups in total. The summed E-state index contributed by atoms with van der Waals surface area (Å²) in [6.07, 6.45) is 0.606. The van der Waals surface area contributed by atoms with E-state index in [1.54, 1.807) is 12.1 Å². The standard InChI is InChI=1S/C15H13BrF3N/c1-9(6-10-2-4-11(17)5-3-10)20-15-7-12(16)13(18)8-14(15)19/h2-5,7-9,20H,6H2,1H3. The fraction of sp³-hybridized carbons (Fsp3) is 0.200. The number of anilines is 1. The summed E-state index contributed by atoms with van der Waals surface area (Å²) in [6, 6.07) is 8.26. The van der Waals surface area contributed by atoms with Crippen molar-refractivity contribution in [3.63, 3.8) is 0 Å². The van der Waals surface area contributed by atoms with Crippen molar-refractivity contribution in [3.05, 3.63) is 63.9 Å². The van der Waals surface area contributed by atoms with Gasteiger partial charge in [-0.1, -0.05) is 12.1 Å². The highest BCUT2D eigenvalue weighted by molar-refractivity contribution is 9.10. The monoisotopic (exact) mass is 343 g/mol. The zero-order chi connectivity index (χ0) is 14.7. The van der Waals surface area contributed by atoms with Crippen molar-refractivity contribution in [2.24, 2.45) is 0 Å². The van der Waals surface area contributed by atoms with Gasteiger partial charge < -0.3 is 5.32 Å². The maximum atomic E-state index is 13.6. The second kappa shape index (κ2) is 6.31. The van der Waals surface area contributed by atoms with Crippen LogP contribution in [0.25, 0.3) is 0 Å². The predicted octanol–water partition coefficient (Wildman–Crippen LogP) is 4.91. The van der Waals surface area contributed by atoms with Gasteiger partial charge in [0.2, 0.25) is 0 Å². The molecule has 20 heavy (non-hydrogen) atoms. The Kier molecular flexibility index (Phi) is 4.70. The zero-order valence-corrected chi connectivity index (χ0v) is 12.3. The second-order valence-corrected chi connectivity index (χ2v) is 5.48. The lowest BCUT2D eigenvalue weighted by Crippen LogP contribution is -2.19. The van der Waals surface area contributed by atoms with Crippen LogP contribution in [0.1, 0.15) is 12.5 Å². The molecule has 0 spiro atoms. The molecule has 2 aromatic carbocycles. The number of benzene rings is 2. The third kappa shape index (κ3) is 3.76. The summed E-state index contributed by atoms with van der Waals surface area (Å²) in [5.41, 5.74) is 1.17. The first kappa shape index (κ1) is 14.9. The van der Waals surface area contributed by atoms with E-state index in [9.17, 15) is 13.2 Å². The quantitative estimate of drug-likeness (QED) is 0.777. The van der Waals surface area contributed by atoms with Crippen LogP contribution >= 0.6 is 15.9 Å². The van der Waals surface area contributed by atoms with Crippen LogP contribution in [0.2, 0.25) is 0 Å². The molecular weight excluding hydrogens is 331 g/mol. The van der Waals surface area contributed by atoms with Crippen molar-refractivity contribution in [2.45, 2.75) is 19.4 Å². The molecule has 0 fully saturated rings. The van der Waals surface area contributed by atoms with Crippen LogP contribution in [-0.2, 0) is 6.42 Å². The highest BCUT2D eigenvalue weighted by Crippen LogP contribution is 2.24. The molecule has 106 valence electrons. The first-order valence-electron chi connectivity index (χ1n) is 6.11. The summed E-state index contributed by atoms with van der Waals surface area (Å²) in [5.74, 6) is -1.57. The van der Waals surface area contributed by atoms with E-state index in [1.807, 2.05) is 6.92 Å². The fourth-order valence-electron chi connectivity index (χ4n) is 1.92. The van der Waals surface area contributed by atoms with Gasteiger partial charge in [0.15, 0.2) is 0 Å². The molecule has 1 unspecified atom stereocenters. The van der Waals surface area contributed by atoms with Gasteiger partial charge in [-0.15, -0.1) is 0 Å². The van der Waals surface area contributed by atoms with E-state index >= 15 is 0 Å². The summed E-state index contributed by atoms with van der Waals surface area (Å²) in [5, 5.41) is 2.98. The Morgan fingerprint density at radius 3 is 2.35 bits per heavy atom. The lowest BCUT2D eigenvalue weighted by Gasteiger charge is -2.16. The van der Waals surface area contributed by atoms with E-state index in [0.717, 1.165) is 11.6 Å². The van der Waals surface area contributed by atoms with E-state index < -0.39 is 11.6 Å². The summed E-state index contributed by atoms with van der Waals surface area (Å²) in [6.45, 7) is 1.88. The minimum atomic E-state index is -0.642.